The van der Waals surface area contributed by atoms with Crippen LogP contribution >= 0.6 is 0 Å². The Bertz CT molecular complexity index is 930. The van der Waals surface area contributed by atoms with E-state index in [1.165, 1.54) is 4.90 Å². The van der Waals surface area contributed by atoms with E-state index < -0.39 is 0 Å². The second-order valence-electron chi connectivity index (χ2n) is 7.61. The predicted octanol–water partition coefficient (Wildman–Crippen LogP) is 1.90. The molecule has 9 nitrogen and oxygen atoms in total. The highest BCUT2D eigenvalue weighted by Gasteiger charge is 2.28. The first-order valence-electron chi connectivity index (χ1n) is 9.68. The third-order valence-electron chi connectivity index (χ3n) is 5.20. The zero-order chi connectivity index (χ0) is 21.3. The van der Waals surface area contributed by atoms with Crippen LogP contribution in [0.3, 0.4) is 0 Å². The molecule has 29 heavy (non-hydrogen) atoms. The molecule has 0 aromatic carbocycles. The van der Waals surface area contributed by atoms with Gasteiger partial charge in [-0.15, -0.1) is 0 Å². The van der Waals surface area contributed by atoms with Crippen molar-refractivity contribution in [2.45, 2.75) is 40.2 Å². The fourth-order valence-corrected chi connectivity index (χ4v) is 3.42. The third-order valence-corrected chi connectivity index (χ3v) is 5.20. The maximum atomic E-state index is 12.4. The first-order valence-corrected chi connectivity index (χ1v) is 9.68. The van der Waals surface area contributed by atoms with Crippen molar-refractivity contribution >= 4 is 17.5 Å². The Kier molecular flexibility index (Phi) is 5.86. The van der Waals surface area contributed by atoms with Gasteiger partial charge >= 0.3 is 0 Å². The van der Waals surface area contributed by atoms with Gasteiger partial charge in [-0.25, -0.2) is 15.0 Å². The van der Waals surface area contributed by atoms with Gasteiger partial charge in [-0.2, -0.15) is 4.98 Å². The average Bonchev–Trinajstić information content (AvgIpc) is 3.13. The van der Waals surface area contributed by atoms with E-state index >= 15 is 0 Å². The number of carbonyl (C=O) groups is 1. The minimum Gasteiger partial charge on any atom is -0.481 e. The number of aryl methyl sites for hydroxylation is 2. The van der Waals surface area contributed by atoms with Gasteiger partial charge in [-0.1, -0.05) is 0 Å². The van der Waals surface area contributed by atoms with Crippen molar-refractivity contribution in [1.29, 1.82) is 0 Å². The Balaban J connectivity index is 1.81. The Morgan fingerprint density at radius 3 is 2.48 bits per heavy atom. The largest absolute Gasteiger partial charge is 0.481 e. The van der Waals surface area contributed by atoms with E-state index in [1.807, 2.05) is 27.7 Å². The summed E-state index contributed by atoms with van der Waals surface area (Å²) < 4.78 is 5.35. The summed E-state index contributed by atoms with van der Waals surface area (Å²) in [6.45, 7) is 9.31. The number of methoxy groups -OCH3 is 1. The van der Waals surface area contributed by atoms with Crippen molar-refractivity contribution in [3.8, 4) is 5.88 Å². The maximum Gasteiger partial charge on any atom is 0.291 e. The van der Waals surface area contributed by atoms with Crippen molar-refractivity contribution in [2.75, 3.05) is 44.5 Å². The molecule has 0 radical (unpaired) electrons. The van der Waals surface area contributed by atoms with Gasteiger partial charge in [-0.05, 0) is 34.1 Å². The van der Waals surface area contributed by atoms with Crippen LogP contribution in [0.1, 0.15) is 39.7 Å². The minimum atomic E-state index is -0.192. The van der Waals surface area contributed by atoms with Crippen LogP contribution < -0.4 is 15.0 Å². The molecule has 0 spiro atoms. The molecule has 156 valence electrons. The summed E-state index contributed by atoms with van der Waals surface area (Å²) in [5, 5.41) is 3.52. The molecule has 1 aliphatic heterocycles. The van der Waals surface area contributed by atoms with Gasteiger partial charge in [0.2, 0.25) is 11.7 Å². The molecule has 3 rings (SSSR count). The van der Waals surface area contributed by atoms with E-state index in [2.05, 4.69) is 30.2 Å². The minimum absolute atomic E-state index is 0.192. The molecule has 9 heteroatoms. The topological polar surface area (TPSA) is 96.4 Å². The van der Waals surface area contributed by atoms with Gasteiger partial charge in [0.15, 0.2) is 0 Å². The first kappa shape index (κ1) is 20.8. The Morgan fingerprint density at radius 1 is 1.10 bits per heavy atom. The molecule has 2 aromatic rings. The molecular weight excluding hydrogens is 370 g/mol. The number of rotatable bonds is 5. The van der Waals surface area contributed by atoms with Crippen LogP contribution in [0.2, 0.25) is 0 Å². The molecule has 0 saturated carbocycles. The monoisotopic (exact) mass is 399 g/mol. The highest BCUT2D eigenvalue weighted by molar-refractivity contribution is 5.90. The third kappa shape index (κ3) is 4.23. The van der Waals surface area contributed by atoms with Crippen LogP contribution in [0.5, 0.6) is 5.88 Å². The number of ether oxygens (including phenoxy) is 1. The summed E-state index contributed by atoms with van der Waals surface area (Å²) in [5.74, 6) is 2.90. The highest BCUT2D eigenvalue weighted by atomic mass is 16.5. The molecular formula is C20H29N7O2. The molecule has 3 heterocycles. The van der Waals surface area contributed by atoms with Crippen LogP contribution in [-0.2, 0) is 0 Å². The van der Waals surface area contributed by atoms with Crippen molar-refractivity contribution < 1.29 is 9.53 Å². The fraction of sp³-hybridized carbons (Fsp3) is 0.550. The number of carbonyl (C=O) groups excluding carboxylic acids is 1. The molecule has 1 aliphatic rings. The Labute approximate surface area is 171 Å². The fourth-order valence-electron chi connectivity index (χ4n) is 3.42. The van der Waals surface area contributed by atoms with E-state index in [0.29, 0.717) is 11.7 Å². The summed E-state index contributed by atoms with van der Waals surface area (Å²) in [6.07, 6.45) is 0.935. The van der Waals surface area contributed by atoms with Gasteiger partial charge in [0.05, 0.1) is 12.7 Å². The summed E-state index contributed by atoms with van der Waals surface area (Å²) in [5.41, 5.74) is 2.71. The van der Waals surface area contributed by atoms with E-state index in [4.69, 9.17) is 4.74 Å². The van der Waals surface area contributed by atoms with E-state index in [9.17, 15) is 4.79 Å². The lowest BCUT2D eigenvalue weighted by molar-refractivity contribution is 0.0815. The van der Waals surface area contributed by atoms with Crippen molar-refractivity contribution in [3.05, 3.63) is 28.5 Å². The molecule has 0 aliphatic carbocycles. The second kappa shape index (κ2) is 8.18. The number of hydrogen-bond donors (Lipinski definition) is 1. The quantitative estimate of drug-likeness (QED) is 0.814. The molecule has 2 aromatic heterocycles. The number of nitrogens with one attached hydrogen (secondary N) is 1. The van der Waals surface area contributed by atoms with Crippen LogP contribution in [-0.4, -0.2) is 71.1 Å². The molecule has 1 N–H and O–H groups in total. The van der Waals surface area contributed by atoms with Gasteiger partial charge in [-0.3, -0.25) is 4.79 Å². The van der Waals surface area contributed by atoms with Crippen molar-refractivity contribution in [3.63, 3.8) is 0 Å². The Morgan fingerprint density at radius 2 is 1.83 bits per heavy atom. The number of nitrogens with zero attached hydrogens (tertiary/aromatic N) is 6. The summed E-state index contributed by atoms with van der Waals surface area (Å²) in [4.78, 5) is 33.9. The van der Waals surface area contributed by atoms with Crippen LogP contribution in [0.15, 0.2) is 0 Å². The molecule has 1 fully saturated rings. The van der Waals surface area contributed by atoms with E-state index in [-0.39, 0.29) is 17.8 Å². The van der Waals surface area contributed by atoms with Crippen LogP contribution in [0.25, 0.3) is 0 Å². The van der Waals surface area contributed by atoms with Gasteiger partial charge in [0.25, 0.3) is 5.91 Å². The number of hydrogen-bond acceptors (Lipinski definition) is 8. The number of aromatic nitrogens is 4. The summed E-state index contributed by atoms with van der Waals surface area (Å²) >= 11 is 0. The van der Waals surface area contributed by atoms with Gasteiger partial charge in [0.1, 0.15) is 17.5 Å². The van der Waals surface area contributed by atoms with Gasteiger partial charge in [0, 0.05) is 44.5 Å². The van der Waals surface area contributed by atoms with E-state index in [1.54, 1.807) is 21.2 Å². The number of amides is 1. The molecule has 0 bridgehead atoms. The van der Waals surface area contributed by atoms with Crippen molar-refractivity contribution in [2.24, 2.45) is 0 Å². The van der Waals surface area contributed by atoms with Crippen LogP contribution in [0.4, 0.5) is 11.6 Å². The van der Waals surface area contributed by atoms with Gasteiger partial charge < -0.3 is 19.9 Å². The second-order valence-corrected chi connectivity index (χ2v) is 7.61. The summed E-state index contributed by atoms with van der Waals surface area (Å²) in [7, 11) is 5.02. The zero-order valence-electron chi connectivity index (χ0n) is 18.2. The average molecular weight is 399 g/mol. The lowest BCUT2D eigenvalue weighted by atomic mass is 10.2. The van der Waals surface area contributed by atoms with Crippen molar-refractivity contribution in [1.82, 2.24) is 24.8 Å². The molecule has 0 unspecified atom stereocenters. The van der Waals surface area contributed by atoms with Crippen LogP contribution in [0, 0.1) is 27.7 Å². The SMILES string of the molecule is COc1nc(C)nc(N[C@@H]2CCN(c3nc(C(=O)N(C)C)nc(C)c3C)C2)c1C. The maximum absolute atomic E-state index is 12.4. The molecule has 1 atom stereocenters. The molecule has 1 saturated heterocycles. The normalized spacial score (nSPS) is 16.1. The first-order chi connectivity index (χ1) is 13.7. The predicted molar refractivity (Wildman–Crippen MR) is 112 cm³/mol. The smallest absolute Gasteiger partial charge is 0.291 e. The van der Waals surface area contributed by atoms with E-state index in [0.717, 1.165) is 48.0 Å². The lowest BCUT2D eigenvalue weighted by Crippen LogP contribution is -2.30. The zero-order valence-corrected chi connectivity index (χ0v) is 18.2. The highest BCUT2D eigenvalue weighted by Crippen LogP contribution is 2.27. The summed E-state index contributed by atoms with van der Waals surface area (Å²) in [6, 6.07) is 0.204. The lowest BCUT2D eigenvalue weighted by Gasteiger charge is -2.22. The molecule has 1 amide bonds. The standard InChI is InChI=1S/C20H29N7O2/c1-11-13(3)21-17(20(28)26(5)6)25-18(11)27-9-8-15(10-27)24-16-12(2)19(29-7)23-14(4)22-16/h15H,8-10H2,1-7H3,(H,22,23,24)/t15-/m1/s1. The Hall–Kier alpha value is -2.97. The number of anilines is 2.